The quantitative estimate of drug-likeness (QED) is 0.683. The van der Waals surface area contributed by atoms with Crippen LogP contribution in [0.15, 0.2) is 53.0 Å². The molecule has 0 aliphatic rings. The van der Waals surface area contributed by atoms with Crippen molar-refractivity contribution in [3.63, 3.8) is 0 Å². The van der Waals surface area contributed by atoms with Crippen LogP contribution in [0, 0.1) is 11.6 Å². The zero-order chi connectivity index (χ0) is 17.5. The van der Waals surface area contributed by atoms with Gasteiger partial charge in [-0.3, -0.25) is 4.79 Å². The van der Waals surface area contributed by atoms with Crippen LogP contribution >= 0.6 is 15.9 Å². The molecule has 2 rings (SSSR count). The van der Waals surface area contributed by atoms with E-state index in [1.165, 1.54) is 35.3 Å². The van der Waals surface area contributed by atoms with Crippen molar-refractivity contribution >= 4 is 27.9 Å². The van der Waals surface area contributed by atoms with Gasteiger partial charge in [0.15, 0.2) is 11.6 Å². The van der Waals surface area contributed by atoms with Crippen LogP contribution in [0.5, 0.6) is 5.75 Å². The Bertz CT molecular complexity index is 750. The van der Waals surface area contributed by atoms with Gasteiger partial charge in [0.25, 0.3) is 0 Å². The molecule has 126 valence electrons. The molecule has 0 saturated heterocycles. The lowest BCUT2D eigenvalue weighted by atomic mass is 10.2. The molecule has 0 unspecified atom stereocenters. The van der Waals surface area contributed by atoms with E-state index in [9.17, 15) is 13.6 Å². The number of benzene rings is 2. The van der Waals surface area contributed by atoms with Gasteiger partial charge in [-0.2, -0.15) is 0 Å². The summed E-state index contributed by atoms with van der Waals surface area (Å²) in [6.45, 7) is 0.431. The predicted octanol–water partition coefficient (Wildman–Crippen LogP) is 4.28. The molecule has 6 heteroatoms. The molecule has 1 amide bonds. The molecule has 2 aromatic rings. The van der Waals surface area contributed by atoms with Crippen LogP contribution in [0.2, 0.25) is 0 Å². The number of likely N-dealkylation sites (N-methyl/N-ethyl adjacent to an activating group) is 1. The third-order valence-corrected chi connectivity index (χ3v) is 3.75. The minimum Gasteiger partial charge on any atom is -0.489 e. The molecule has 0 radical (unpaired) electrons. The predicted molar refractivity (Wildman–Crippen MR) is 92.7 cm³/mol. The first-order chi connectivity index (χ1) is 11.5. The number of hydrogen-bond acceptors (Lipinski definition) is 2. The Morgan fingerprint density at radius 3 is 2.71 bits per heavy atom. The second kappa shape index (κ2) is 8.59. The number of carbonyl (C=O) groups is 1. The highest BCUT2D eigenvalue weighted by Gasteiger charge is 2.07. The van der Waals surface area contributed by atoms with Crippen LogP contribution in [-0.2, 0) is 4.79 Å². The molecule has 0 heterocycles. The van der Waals surface area contributed by atoms with Gasteiger partial charge in [-0.25, -0.2) is 8.78 Å². The van der Waals surface area contributed by atoms with Crippen LogP contribution in [-0.4, -0.2) is 31.0 Å². The lowest BCUT2D eigenvalue weighted by Crippen LogP contribution is -2.29. The van der Waals surface area contributed by atoms with Gasteiger partial charge in [-0.15, -0.1) is 0 Å². The summed E-state index contributed by atoms with van der Waals surface area (Å²) in [5.74, 6) is -1.01. The number of hydrogen-bond donors (Lipinski definition) is 0. The van der Waals surface area contributed by atoms with E-state index >= 15 is 0 Å². The van der Waals surface area contributed by atoms with Crippen molar-refractivity contribution in [1.82, 2.24) is 4.90 Å². The van der Waals surface area contributed by atoms with Gasteiger partial charge in [0.2, 0.25) is 5.91 Å². The summed E-state index contributed by atoms with van der Waals surface area (Å²) in [4.78, 5) is 13.4. The Morgan fingerprint density at radius 1 is 1.21 bits per heavy atom. The average Bonchev–Trinajstić information content (AvgIpc) is 2.57. The summed E-state index contributed by atoms with van der Waals surface area (Å²) in [5.41, 5.74) is 0.314. The molecule has 0 bridgehead atoms. The maximum absolute atomic E-state index is 13.6. The second-order valence-electron chi connectivity index (χ2n) is 5.04. The van der Waals surface area contributed by atoms with E-state index in [2.05, 4.69) is 15.9 Å². The van der Waals surface area contributed by atoms with Gasteiger partial charge in [-0.1, -0.05) is 28.1 Å². The molecule has 3 nitrogen and oxygen atoms in total. The van der Waals surface area contributed by atoms with E-state index in [-0.39, 0.29) is 24.8 Å². The average molecular weight is 396 g/mol. The van der Waals surface area contributed by atoms with Crippen LogP contribution in [0.25, 0.3) is 6.08 Å². The highest BCUT2D eigenvalue weighted by atomic mass is 79.9. The first kappa shape index (κ1) is 18.1. The number of para-hydroxylation sites is 1. The zero-order valence-corrected chi connectivity index (χ0v) is 14.6. The van der Waals surface area contributed by atoms with Crippen molar-refractivity contribution in [2.24, 2.45) is 0 Å². The molecule has 0 N–H and O–H groups in total. The molecule has 2 aromatic carbocycles. The SMILES string of the molecule is CN(CCOc1ccccc1F)C(=O)/C=C/c1cc(Br)ccc1F. The van der Waals surface area contributed by atoms with Crippen LogP contribution in [0.4, 0.5) is 8.78 Å². The third kappa shape index (κ3) is 5.16. The summed E-state index contributed by atoms with van der Waals surface area (Å²) in [6.07, 6.45) is 2.70. The van der Waals surface area contributed by atoms with E-state index in [1.807, 2.05) is 0 Å². The number of amides is 1. The van der Waals surface area contributed by atoms with Crippen molar-refractivity contribution in [1.29, 1.82) is 0 Å². The largest absolute Gasteiger partial charge is 0.489 e. The summed E-state index contributed by atoms with van der Waals surface area (Å²) >= 11 is 3.25. The standard InChI is InChI=1S/C18H16BrF2NO2/c1-22(10-11-24-17-5-3-2-4-16(17)21)18(23)9-6-13-12-14(19)7-8-15(13)20/h2-9,12H,10-11H2,1H3/b9-6+. The van der Waals surface area contributed by atoms with Crippen molar-refractivity contribution in [3.05, 3.63) is 70.2 Å². The lowest BCUT2D eigenvalue weighted by molar-refractivity contribution is -0.125. The Kier molecular flexibility index (Phi) is 6.49. The monoisotopic (exact) mass is 395 g/mol. The van der Waals surface area contributed by atoms with E-state index < -0.39 is 11.6 Å². The van der Waals surface area contributed by atoms with Gasteiger partial charge in [0.05, 0.1) is 6.54 Å². The number of ether oxygens (including phenoxy) is 1. The number of carbonyl (C=O) groups excluding carboxylic acids is 1. The number of nitrogens with zero attached hydrogens (tertiary/aromatic N) is 1. The fourth-order valence-electron chi connectivity index (χ4n) is 1.90. The van der Waals surface area contributed by atoms with E-state index in [0.717, 1.165) is 4.47 Å². The van der Waals surface area contributed by atoms with E-state index in [4.69, 9.17) is 4.74 Å². The molecule has 0 aliphatic carbocycles. The molecular weight excluding hydrogens is 380 g/mol. The summed E-state index contributed by atoms with van der Waals surface area (Å²) in [6, 6.07) is 10.6. The maximum atomic E-state index is 13.6. The van der Waals surface area contributed by atoms with Gasteiger partial charge in [-0.05, 0) is 36.4 Å². The number of halogens is 3. The summed E-state index contributed by atoms with van der Waals surface area (Å²) in [5, 5.41) is 0. The topological polar surface area (TPSA) is 29.5 Å². The minimum absolute atomic E-state index is 0.144. The fraction of sp³-hybridized carbons (Fsp3) is 0.167. The van der Waals surface area contributed by atoms with Crippen molar-refractivity contribution in [2.75, 3.05) is 20.2 Å². The smallest absolute Gasteiger partial charge is 0.246 e. The lowest BCUT2D eigenvalue weighted by Gasteiger charge is -2.15. The molecule has 0 fully saturated rings. The van der Waals surface area contributed by atoms with Gasteiger partial charge in [0, 0.05) is 23.2 Å². The highest BCUT2D eigenvalue weighted by molar-refractivity contribution is 9.10. The van der Waals surface area contributed by atoms with E-state index in [1.54, 1.807) is 31.3 Å². The third-order valence-electron chi connectivity index (χ3n) is 3.26. The Hall–Kier alpha value is -2.21. The van der Waals surface area contributed by atoms with Gasteiger partial charge in [0.1, 0.15) is 12.4 Å². The molecule has 0 aliphatic heterocycles. The number of rotatable bonds is 6. The van der Waals surface area contributed by atoms with Crippen molar-refractivity contribution in [3.8, 4) is 5.75 Å². The molecule has 24 heavy (non-hydrogen) atoms. The fourth-order valence-corrected chi connectivity index (χ4v) is 2.27. The maximum Gasteiger partial charge on any atom is 0.246 e. The molecule has 0 atom stereocenters. The summed E-state index contributed by atoms with van der Waals surface area (Å²) in [7, 11) is 1.59. The van der Waals surface area contributed by atoms with E-state index in [0.29, 0.717) is 5.56 Å². The van der Waals surface area contributed by atoms with Crippen molar-refractivity contribution < 1.29 is 18.3 Å². The highest BCUT2D eigenvalue weighted by Crippen LogP contribution is 2.17. The first-order valence-electron chi connectivity index (χ1n) is 7.23. The molecule has 0 saturated carbocycles. The van der Waals surface area contributed by atoms with Gasteiger partial charge >= 0.3 is 0 Å². The van der Waals surface area contributed by atoms with Crippen LogP contribution < -0.4 is 4.74 Å². The van der Waals surface area contributed by atoms with Gasteiger partial charge < -0.3 is 9.64 Å². The summed E-state index contributed by atoms with van der Waals surface area (Å²) < 4.78 is 33.0. The minimum atomic E-state index is -0.448. The first-order valence-corrected chi connectivity index (χ1v) is 8.02. The Morgan fingerprint density at radius 2 is 1.96 bits per heavy atom. The van der Waals surface area contributed by atoms with Crippen molar-refractivity contribution in [2.45, 2.75) is 0 Å². The Balaban J connectivity index is 1.87. The molecule has 0 aromatic heterocycles. The zero-order valence-electron chi connectivity index (χ0n) is 13.0. The normalized spacial score (nSPS) is 10.8. The molecule has 0 spiro atoms. The molecular formula is C18H16BrF2NO2. The Labute approximate surface area is 147 Å². The second-order valence-corrected chi connectivity index (χ2v) is 5.95. The van der Waals surface area contributed by atoms with Crippen LogP contribution in [0.3, 0.4) is 0 Å². The van der Waals surface area contributed by atoms with Crippen LogP contribution in [0.1, 0.15) is 5.56 Å².